The number of hydrogen-bond acceptors (Lipinski definition) is 6. The zero-order valence-corrected chi connectivity index (χ0v) is 7.25. The van der Waals surface area contributed by atoms with E-state index in [0.29, 0.717) is 0 Å². The minimum Gasteiger partial charge on any atom is -0.368 e. The molecule has 0 atom stereocenters. The lowest BCUT2D eigenvalue weighted by atomic mass is 10.6. The number of rotatable bonds is 3. The average molecular weight is 203 g/mol. The van der Waals surface area contributed by atoms with Gasteiger partial charge in [-0.15, -0.1) is 0 Å². The summed E-state index contributed by atoms with van der Waals surface area (Å²) in [6, 6.07) is 0. The molecule has 5 N–H and O–H groups in total. The molecule has 70 valence electrons. The van der Waals surface area contributed by atoms with Crippen molar-refractivity contribution in [3.05, 3.63) is 5.28 Å². The Morgan fingerprint density at radius 2 is 2.15 bits per heavy atom. The molecule has 1 heterocycles. The number of nitrogen functional groups attached to an aromatic ring is 1. The van der Waals surface area contributed by atoms with Crippen LogP contribution in [0, 0.1) is 0 Å². The Bertz CT molecular complexity index is 309. The molecule has 7 nitrogen and oxygen atoms in total. The maximum atomic E-state index is 10.4. The van der Waals surface area contributed by atoms with Gasteiger partial charge in [-0.05, 0) is 11.6 Å². The van der Waals surface area contributed by atoms with Crippen molar-refractivity contribution in [3.63, 3.8) is 0 Å². The van der Waals surface area contributed by atoms with Gasteiger partial charge in [-0.1, -0.05) is 0 Å². The number of primary amides is 1. The molecule has 13 heavy (non-hydrogen) atoms. The van der Waals surface area contributed by atoms with Gasteiger partial charge >= 0.3 is 0 Å². The minimum absolute atomic E-state index is 0.0213. The molecule has 0 bridgehead atoms. The smallest absolute Gasteiger partial charge is 0.236 e. The van der Waals surface area contributed by atoms with E-state index < -0.39 is 5.91 Å². The SMILES string of the molecule is NC(=O)CNc1nc(N)nc(Cl)n1. The van der Waals surface area contributed by atoms with Gasteiger partial charge in [0.25, 0.3) is 0 Å². The topological polar surface area (TPSA) is 120 Å². The molecular weight excluding hydrogens is 196 g/mol. The summed E-state index contributed by atoms with van der Waals surface area (Å²) in [5.41, 5.74) is 10.1. The maximum absolute atomic E-state index is 10.4. The second kappa shape index (κ2) is 3.85. The van der Waals surface area contributed by atoms with Crippen LogP contribution in [0.3, 0.4) is 0 Å². The number of aromatic nitrogens is 3. The highest BCUT2D eigenvalue weighted by Gasteiger charge is 2.02. The first kappa shape index (κ1) is 9.46. The van der Waals surface area contributed by atoms with E-state index in [1.54, 1.807) is 0 Å². The molecule has 0 aromatic carbocycles. The zero-order valence-electron chi connectivity index (χ0n) is 6.49. The molecule has 0 aliphatic rings. The Morgan fingerprint density at radius 1 is 1.46 bits per heavy atom. The number of amides is 1. The molecule has 0 aliphatic carbocycles. The Kier molecular flexibility index (Phi) is 2.80. The highest BCUT2D eigenvalue weighted by atomic mass is 35.5. The second-order valence-corrected chi connectivity index (χ2v) is 2.44. The number of carbonyl (C=O) groups is 1. The Balaban J connectivity index is 2.71. The molecule has 0 fully saturated rings. The molecule has 1 amide bonds. The van der Waals surface area contributed by atoms with Gasteiger partial charge < -0.3 is 16.8 Å². The van der Waals surface area contributed by atoms with Gasteiger partial charge in [0.2, 0.25) is 23.1 Å². The first-order valence-corrected chi connectivity index (χ1v) is 3.65. The van der Waals surface area contributed by atoms with Gasteiger partial charge in [0.15, 0.2) is 0 Å². The number of hydrogen-bond donors (Lipinski definition) is 3. The van der Waals surface area contributed by atoms with E-state index in [-0.39, 0.29) is 23.7 Å². The van der Waals surface area contributed by atoms with E-state index in [9.17, 15) is 4.79 Å². The normalized spacial score (nSPS) is 9.62. The van der Waals surface area contributed by atoms with E-state index in [1.165, 1.54) is 0 Å². The van der Waals surface area contributed by atoms with Crippen LogP contribution in [0.5, 0.6) is 0 Å². The lowest BCUT2D eigenvalue weighted by molar-refractivity contribution is -0.116. The van der Waals surface area contributed by atoms with Crippen LogP contribution in [0.4, 0.5) is 11.9 Å². The first-order valence-electron chi connectivity index (χ1n) is 3.27. The predicted octanol–water partition coefficient (Wildman–Crippen LogP) is -0.996. The van der Waals surface area contributed by atoms with Crippen molar-refractivity contribution < 1.29 is 4.79 Å². The van der Waals surface area contributed by atoms with Gasteiger partial charge in [0, 0.05) is 0 Å². The van der Waals surface area contributed by atoms with Crippen molar-refractivity contribution in [1.29, 1.82) is 0 Å². The number of nitrogens with zero attached hydrogens (tertiary/aromatic N) is 3. The molecule has 1 aromatic heterocycles. The number of carbonyl (C=O) groups excluding carboxylic acids is 1. The van der Waals surface area contributed by atoms with Gasteiger partial charge in [0.05, 0.1) is 6.54 Å². The summed E-state index contributed by atoms with van der Waals surface area (Å²) in [6.45, 7) is -0.0835. The van der Waals surface area contributed by atoms with Crippen molar-refractivity contribution in [1.82, 2.24) is 15.0 Å². The summed E-state index contributed by atoms with van der Waals surface area (Å²) in [5.74, 6) is -0.432. The number of nitrogens with two attached hydrogens (primary N) is 2. The molecule has 0 aliphatic heterocycles. The second-order valence-electron chi connectivity index (χ2n) is 2.11. The molecule has 0 saturated heterocycles. The number of anilines is 2. The maximum Gasteiger partial charge on any atom is 0.236 e. The molecule has 1 aromatic rings. The van der Waals surface area contributed by atoms with E-state index >= 15 is 0 Å². The van der Waals surface area contributed by atoms with Crippen LogP contribution in [0.15, 0.2) is 0 Å². The van der Waals surface area contributed by atoms with Crippen LogP contribution < -0.4 is 16.8 Å². The van der Waals surface area contributed by atoms with Gasteiger partial charge in [-0.3, -0.25) is 4.79 Å². The summed E-state index contributed by atoms with van der Waals surface area (Å²) >= 11 is 5.47. The molecule has 1 rings (SSSR count). The average Bonchev–Trinajstić information content (AvgIpc) is 1.99. The lowest BCUT2D eigenvalue weighted by Gasteiger charge is -2.01. The molecule has 0 saturated carbocycles. The fraction of sp³-hybridized carbons (Fsp3) is 0.200. The molecule has 0 unspecified atom stereocenters. The van der Waals surface area contributed by atoms with Crippen molar-refractivity contribution >= 4 is 29.4 Å². The highest BCUT2D eigenvalue weighted by Crippen LogP contribution is 2.05. The largest absolute Gasteiger partial charge is 0.368 e. The molecular formula is C5H7ClN6O. The number of halogens is 1. The van der Waals surface area contributed by atoms with Crippen LogP contribution in [0.25, 0.3) is 0 Å². The third kappa shape index (κ3) is 3.08. The Hall–Kier alpha value is -1.63. The van der Waals surface area contributed by atoms with E-state index in [4.69, 9.17) is 23.1 Å². The van der Waals surface area contributed by atoms with Crippen molar-refractivity contribution in [2.75, 3.05) is 17.6 Å². The van der Waals surface area contributed by atoms with Gasteiger partial charge in [-0.25, -0.2) is 0 Å². The molecule has 0 radical (unpaired) electrons. The summed E-state index contributed by atoms with van der Waals surface area (Å²) in [6.07, 6.45) is 0. The third-order valence-corrected chi connectivity index (χ3v) is 1.22. The highest BCUT2D eigenvalue weighted by molar-refractivity contribution is 6.28. The fourth-order valence-electron chi connectivity index (χ4n) is 0.611. The standard InChI is InChI=1S/C5H7ClN6O/c6-3-10-4(8)12-5(11-3)9-1-2(7)13/h1H2,(H2,7,13)(H3,8,9,10,11,12). The van der Waals surface area contributed by atoms with Gasteiger partial charge in [0.1, 0.15) is 0 Å². The van der Waals surface area contributed by atoms with Gasteiger partial charge in [-0.2, -0.15) is 15.0 Å². The first-order chi connectivity index (χ1) is 6.08. The monoisotopic (exact) mass is 202 g/mol. The Labute approximate surface area is 78.5 Å². The summed E-state index contributed by atoms with van der Waals surface area (Å²) in [4.78, 5) is 21.2. The number of nitrogens with one attached hydrogen (secondary N) is 1. The zero-order chi connectivity index (χ0) is 9.84. The molecule has 0 spiro atoms. The van der Waals surface area contributed by atoms with Crippen molar-refractivity contribution in [3.8, 4) is 0 Å². The summed E-state index contributed by atoms with van der Waals surface area (Å²) in [7, 11) is 0. The summed E-state index contributed by atoms with van der Waals surface area (Å²) < 4.78 is 0. The van der Waals surface area contributed by atoms with E-state index in [0.717, 1.165) is 0 Å². The third-order valence-electron chi connectivity index (χ3n) is 1.05. The lowest BCUT2D eigenvalue weighted by Crippen LogP contribution is -2.23. The molecule has 8 heteroatoms. The van der Waals surface area contributed by atoms with Crippen molar-refractivity contribution in [2.45, 2.75) is 0 Å². The van der Waals surface area contributed by atoms with Crippen LogP contribution in [-0.4, -0.2) is 27.4 Å². The minimum atomic E-state index is -0.532. The Morgan fingerprint density at radius 3 is 2.69 bits per heavy atom. The van der Waals surface area contributed by atoms with Crippen molar-refractivity contribution in [2.24, 2.45) is 5.73 Å². The van der Waals surface area contributed by atoms with Crippen LogP contribution >= 0.6 is 11.6 Å². The summed E-state index contributed by atoms with van der Waals surface area (Å²) in [5, 5.41) is 2.48. The predicted molar refractivity (Wildman–Crippen MR) is 46.9 cm³/mol. The van der Waals surface area contributed by atoms with Crippen LogP contribution in [0.2, 0.25) is 5.28 Å². The van der Waals surface area contributed by atoms with E-state index in [2.05, 4.69) is 20.3 Å². The quantitative estimate of drug-likeness (QED) is 0.579. The van der Waals surface area contributed by atoms with Crippen LogP contribution in [-0.2, 0) is 4.79 Å². The fourth-order valence-corrected chi connectivity index (χ4v) is 0.777. The van der Waals surface area contributed by atoms with Crippen LogP contribution in [0.1, 0.15) is 0 Å². The van der Waals surface area contributed by atoms with E-state index in [1.807, 2.05) is 0 Å².